The number of hydrogen-bond donors (Lipinski definition) is 0. The Morgan fingerprint density at radius 2 is 1.64 bits per heavy atom. The molecule has 2 rings (SSSR count). The molecule has 0 spiro atoms. The Hall–Kier alpha value is -2.68. The Morgan fingerprint density at radius 1 is 1.12 bits per heavy atom. The molecule has 1 aromatic carbocycles. The lowest BCUT2D eigenvalue weighted by molar-refractivity contribution is 0.0600. The molecule has 8 nitrogen and oxygen atoms in total. The van der Waals surface area contributed by atoms with Crippen LogP contribution in [0.2, 0.25) is 0 Å². The molecule has 9 heteroatoms. The van der Waals surface area contributed by atoms with Crippen LogP contribution in [0.1, 0.15) is 32.1 Å². The maximum atomic E-state index is 12.8. The van der Waals surface area contributed by atoms with Crippen molar-refractivity contribution >= 4 is 27.6 Å². The molecule has 0 N–H and O–H groups in total. The van der Waals surface area contributed by atoms with Gasteiger partial charge in [-0.05, 0) is 38.1 Å². The number of carbonyl (C=O) groups excluding carboxylic acids is 2. The van der Waals surface area contributed by atoms with Gasteiger partial charge in [0.2, 0.25) is 10.0 Å². The maximum absolute atomic E-state index is 12.8. The number of nitrogens with zero attached hydrogens (tertiary/aromatic N) is 3. The largest absolute Gasteiger partial charge is 0.465 e. The summed E-state index contributed by atoms with van der Waals surface area (Å²) >= 11 is 0. The SMILES string of the molecule is COC(=O)c1ccc(C(=O)N(c2c(C)nn(C)c2C)S(C)(=O)=O)cc1. The summed E-state index contributed by atoms with van der Waals surface area (Å²) in [5.41, 5.74) is 1.58. The number of sulfonamides is 1. The molecule has 0 saturated carbocycles. The van der Waals surface area contributed by atoms with E-state index in [2.05, 4.69) is 9.84 Å². The van der Waals surface area contributed by atoms with Gasteiger partial charge >= 0.3 is 5.97 Å². The number of aryl methyl sites for hydroxylation is 2. The Morgan fingerprint density at radius 3 is 2.04 bits per heavy atom. The van der Waals surface area contributed by atoms with Crippen LogP contribution in [-0.4, -0.2) is 43.4 Å². The Kier molecular flexibility index (Phi) is 4.98. The molecular weight excluding hydrogens is 346 g/mol. The molecule has 0 aliphatic rings. The van der Waals surface area contributed by atoms with Crippen LogP contribution in [0.25, 0.3) is 0 Å². The summed E-state index contributed by atoms with van der Waals surface area (Å²) in [7, 11) is -0.970. The molecule has 2 aromatic rings. The number of carbonyl (C=O) groups is 2. The Bertz CT molecular complexity index is 929. The average Bonchev–Trinajstić information content (AvgIpc) is 2.79. The van der Waals surface area contributed by atoms with Gasteiger partial charge in [0.25, 0.3) is 5.91 Å². The van der Waals surface area contributed by atoms with Gasteiger partial charge in [0.1, 0.15) is 5.69 Å². The molecule has 0 fully saturated rings. The minimum absolute atomic E-state index is 0.126. The second-order valence-corrected chi connectivity index (χ2v) is 7.38. The molecule has 1 aromatic heterocycles. The topological polar surface area (TPSA) is 98.6 Å². The minimum Gasteiger partial charge on any atom is -0.465 e. The summed E-state index contributed by atoms with van der Waals surface area (Å²) in [6, 6.07) is 5.58. The highest BCUT2D eigenvalue weighted by Gasteiger charge is 2.31. The molecule has 0 aliphatic carbocycles. The van der Waals surface area contributed by atoms with Crippen molar-refractivity contribution in [2.45, 2.75) is 13.8 Å². The van der Waals surface area contributed by atoms with Crippen molar-refractivity contribution in [1.82, 2.24) is 9.78 Å². The van der Waals surface area contributed by atoms with Crippen molar-refractivity contribution in [3.8, 4) is 0 Å². The maximum Gasteiger partial charge on any atom is 0.337 e. The fourth-order valence-corrected chi connectivity index (χ4v) is 3.46. The zero-order valence-corrected chi connectivity index (χ0v) is 15.4. The van der Waals surface area contributed by atoms with Crippen LogP contribution in [0.4, 0.5) is 5.69 Å². The number of esters is 1. The molecule has 0 radical (unpaired) electrons. The van der Waals surface area contributed by atoms with Crippen molar-refractivity contribution in [2.75, 3.05) is 17.7 Å². The number of ether oxygens (including phenoxy) is 1. The van der Waals surface area contributed by atoms with E-state index in [-0.39, 0.29) is 16.8 Å². The van der Waals surface area contributed by atoms with Crippen LogP contribution < -0.4 is 4.31 Å². The van der Waals surface area contributed by atoms with Crippen molar-refractivity contribution in [3.05, 3.63) is 46.8 Å². The lowest BCUT2D eigenvalue weighted by atomic mass is 10.1. The second-order valence-electron chi connectivity index (χ2n) is 5.54. The van der Waals surface area contributed by atoms with E-state index in [1.807, 2.05) is 0 Å². The van der Waals surface area contributed by atoms with E-state index < -0.39 is 21.9 Å². The molecule has 25 heavy (non-hydrogen) atoms. The van der Waals surface area contributed by atoms with E-state index >= 15 is 0 Å². The van der Waals surface area contributed by atoms with Gasteiger partial charge in [0.05, 0.1) is 30.3 Å². The highest BCUT2D eigenvalue weighted by Crippen LogP contribution is 2.28. The smallest absolute Gasteiger partial charge is 0.337 e. The van der Waals surface area contributed by atoms with E-state index in [1.165, 1.54) is 36.1 Å². The summed E-state index contributed by atoms with van der Waals surface area (Å²) in [6.45, 7) is 3.31. The monoisotopic (exact) mass is 365 g/mol. The van der Waals surface area contributed by atoms with Gasteiger partial charge in [-0.15, -0.1) is 0 Å². The first-order chi connectivity index (χ1) is 11.6. The molecule has 0 atom stereocenters. The molecule has 0 saturated heterocycles. The summed E-state index contributed by atoms with van der Waals surface area (Å²) in [5.74, 6) is -1.27. The van der Waals surface area contributed by atoms with Crippen molar-refractivity contribution in [1.29, 1.82) is 0 Å². The Labute approximate surface area is 146 Å². The molecule has 0 bridgehead atoms. The van der Waals surface area contributed by atoms with E-state index in [0.29, 0.717) is 11.4 Å². The normalized spacial score (nSPS) is 11.2. The van der Waals surface area contributed by atoms with E-state index in [9.17, 15) is 18.0 Å². The number of anilines is 1. The first-order valence-corrected chi connectivity index (χ1v) is 9.16. The number of hydrogen-bond acceptors (Lipinski definition) is 6. The number of rotatable bonds is 4. The highest BCUT2D eigenvalue weighted by molar-refractivity contribution is 7.92. The first-order valence-electron chi connectivity index (χ1n) is 7.31. The van der Waals surface area contributed by atoms with Gasteiger partial charge in [-0.1, -0.05) is 0 Å². The fourth-order valence-electron chi connectivity index (χ4n) is 2.46. The van der Waals surface area contributed by atoms with Crippen LogP contribution in [0.5, 0.6) is 0 Å². The first kappa shape index (κ1) is 18.7. The van der Waals surface area contributed by atoms with Crippen molar-refractivity contribution < 1.29 is 22.7 Å². The number of aromatic nitrogens is 2. The predicted octanol–water partition coefficient (Wildman–Crippen LogP) is 1.43. The zero-order chi connectivity index (χ0) is 18.9. The van der Waals surface area contributed by atoms with Gasteiger partial charge in [-0.25, -0.2) is 13.2 Å². The van der Waals surface area contributed by atoms with E-state index in [1.54, 1.807) is 20.9 Å². The van der Waals surface area contributed by atoms with E-state index in [4.69, 9.17) is 0 Å². The molecule has 1 amide bonds. The van der Waals surface area contributed by atoms with Crippen molar-refractivity contribution in [3.63, 3.8) is 0 Å². The molecule has 1 heterocycles. The second kappa shape index (κ2) is 6.67. The molecule has 0 unspecified atom stereocenters. The average molecular weight is 365 g/mol. The van der Waals surface area contributed by atoms with E-state index in [0.717, 1.165) is 10.6 Å². The predicted molar refractivity (Wildman–Crippen MR) is 92.1 cm³/mol. The summed E-state index contributed by atoms with van der Waals surface area (Å²) < 4.78 is 31.4. The summed E-state index contributed by atoms with van der Waals surface area (Å²) in [4.78, 5) is 24.3. The fraction of sp³-hybridized carbons (Fsp3) is 0.312. The molecular formula is C16H19N3O5S. The highest BCUT2D eigenvalue weighted by atomic mass is 32.2. The number of amides is 1. The van der Waals surface area contributed by atoms with Crippen LogP contribution in [0, 0.1) is 13.8 Å². The van der Waals surface area contributed by atoms with Gasteiger partial charge in [-0.3, -0.25) is 9.48 Å². The van der Waals surface area contributed by atoms with Crippen LogP contribution >= 0.6 is 0 Å². The van der Waals surface area contributed by atoms with Crippen LogP contribution in [0.3, 0.4) is 0 Å². The summed E-state index contributed by atoms with van der Waals surface area (Å²) in [6.07, 6.45) is 0.958. The number of methoxy groups -OCH3 is 1. The zero-order valence-electron chi connectivity index (χ0n) is 14.6. The Balaban J connectivity index is 2.53. The standard InChI is InChI=1S/C16H19N3O5S/c1-10-14(11(2)18(3)17-10)19(25(5,22)23)15(20)12-6-8-13(9-7-12)16(21)24-4/h6-9H,1-5H3. The van der Waals surface area contributed by atoms with Crippen molar-refractivity contribution in [2.24, 2.45) is 7.05 Å². The van der Waals surface area contributed by atoms with Gasteiger partial charge < -0.3 is 4.74 Å². The third kappa shape index (κ3) is 3.55. The van der Waals surface area contributed by atoms with Gasteiger partial charge in [-0.2, -0.15) is 9.40 Å². The van der Waals surface area contributed by atoms with Gasteiger partial charge in [0.15, 0.2) is 0 Å². The van der Waals surface area contributed by atoms with Crippen LogP contribution in [0.15, 0.2) is 24.3 Å². The molecule has 134 valence electrons. The lowest BCUT2D eigenvalue weighted by Crippen LogP contribution is -2.37. The molecule has 0 aliphatic heterocycles. The lowest BCUT2D eigenvalue weighted by Gasteiger charge is -2.21. The third-order valence-electron chi connectivity index (χ3n) is 3.74. The third-order valence-corrected chi connectivity index (χ3v) is 4.75. The van der Waals surface area contributed by atoms with Gasteiger partial charge in [0, 0.05) is 12.6 Å². The minimum atomic E-state index is -3.89. The number of benzene rings is 1. The van der Waals surface area contributed by atoms with Crippen LogP contribution in [-0.2, 0) is 21.8 Å². The summed E-state index contributed by atoms with van der Waals surface area (Å²) in [5, 5.41) is 4.17. The quantitative estimate of drug-likeness (QED) is 0.760.